The molecule has 41 heavy (non-hydrogen) atoms. The summed E-state index contributed by atoms with van der Waals surface area (Å²) in [7, 11) is 0.858. The summed E-state index contributed by atoms with van der Waals surface area (Å²) < 4.78 is 44.0. The minimum atomic E-state index is -3.86. The van der Waals surface area contributed by atoms with Gasteiger partial charge < -0.3 is 24.0 Å². The van der Waals surface area contributed by atoms with Crippen LogP contribution in [0.25, 0.3) is 11.3 Å². The minimum Gasteiger partial charge on any atom is -0.497 e. The van der Waals surface area contributed by atoms with Crippen LogP contribution in [0.1, 0.15) is 13.8 Å². The first-order chi connectivity index (χ1) is 19.7. The number of hydrogen-bond acceptors (Lipinski definition) is 9. The van der Waals surface area contributed by atoms with Crippen molar-refractivity contribution in [3.63, 3.8) is 0 Å². The number of benzene rings is 2. The molecule has 1 amide bonds. The first-order valence-electron chi connectivity index (χ1n) is 13.4. The van der Waals surface area contributed by atoms with E-state index in [0.717, 1.165) is 5.56 Å². The summed E-state index contributed by atoms with van der Waals surface area (Å²) in [5, 5.41) is 8.82. The zero-order chi connectivity index (χ0) is 29.6. The summed E-state index contributed by atoms with van der Waals surface area (Å²) in [5.41, 5.74) is 1.48. The van der Waals surface area contributed by atoms with E-state index >= 15 is 0 Å². The fourth-order valence-corrected chi connectivity index (χ4v) is 6.19. The molecule has 2 aromatic carbocycles. The molecular weight excluding hydrogens is 546 g/mol. The topological polar surface area (TPSA) is 114 Å². The highest BCUT2D eigenvalue weighted by atomic mass is 32.2. The Morgan fingerprint density at radius 2 is 1.54 bits per heavy atom. The molecule has 0 aliphatic carbocycles. The van der Waals surface area contributed by atoms with Gasteiger partial charge in [-0.2, -0.15) is 4.31 Å². The van der Waals surface area contributed by atoms with Gasteiger partial charge in [0.2, 0.25) is 15.9 Å². The standard InChI is InChI=1S/C29H37N5O6S/c1-21(2)19-34(41(36,37)24-9-6-22(38-3)7-10-24)20-29(35)33-16-14-32(15-17-33)28-13-12-26(30-31-28)25-11-8-23(39-4)18-27(25)40-5/h6-13,18,21H,14-17,19-20H2,1-5H3. The van der Waals surface area contributed by atoms with Crippen LogP contribution in [-0.2, 0) is 14.8 Å². The zero-order valence-corrected chi connectivity index (χ0v) is 24.9. The van der Waals surface area contributed by atoms with Crippen LogP contribution < -0.4 is 19.1 Å². The van der Waals surface area contributed by atoms with Crippen molar-refractivity contribution in [2.45, 2.75) is 18.7 Å². The summed E-state index contributed by atoms with van der Waals surface area (Å²) in [4.78, 5) is 17.1. The number of amides is 1. The maximum absolute atomic E-state index is 13.4. The highest BCUT2D eigenvalue weighted by Crippen LogP contribution is 2.32. The normalized spacial score (nSPS) is 13.9. The van der Waals surface area contributed by atoms with Crippen LogP contribution in [-0.4, -0.2) is 94.3 Å². The number of ether oxygens (including phenoxy) is 3. The summed E-state index contributed by atoms with van der Waals surface area (Å²) in [5.74, 6) is 2.42. The third kappa shape index (κ3) is 7.06. The van der Waals surface area contributed by atoms with E-state index in [-0.39, 0.29) is 29.8 Å². The maximum Gasteiger partial charge on any atom is 0.243 e. The van der Waals surface area contributed by atoms with E-state index in [0.29, 0.717) is 54.9 Å². The van der Waals surface area contributed by atoms with Gasteiger partial charge in [-0.05, 0) is 54.4 Å². The Labute approximate surface area is 241 Å². The Morgan fingerprint density at radius 3 is 2.10 bits per heavy atom. The number of nitrogens with zero attached hydrogens (tertiary/aromatic N) is 5. The quantitative estimate of drug-likeness (QED) is 0.336. The maximum atomic E-state index is 13.4. The lowest BCUT2D eigenvalue weighted by Gasteiger charge is -2.36. The van der Waals surface area contributed by atoms with Crippen molar-refractivity contribution in [1.82, 2.24) is 19.4 Å². The van der Waals surface area contributed by atoms with Gasteiger partial charge in [-0.3, -0.25) is 4.79 Å². The van der Waals surface area contributed by atoms with Crippen LogP contribution in [0.15, 0.2) is 59.5 Å². The van der Waals surface area contributed by atoms with Crippen LogP contribution in [0, 0.1) is 5.92 Å². The van der Waals surface area contributed by atoms with Crippen LogP contribution in [0.4, 0.5) is 5.82 Å². The van der Waals surface area contributed by atoms with E-state index in [1.54, 1.807) is 37.3 Å². The second-order valence-corrected chi connectivity index (χ2v) is 12.0. The number of methoxy groups -OCH3 is 3. The van der Waals surface area contributed by atoms with Gasteiger partial charge in [0.25, 0.3) is 0 Å². The van der Waals surface area contributed by atoms with Gasteiger partial charge in [0.1, 0.15) is 17.2 Å². The minimum absolute atomic E-state index is 0.0482. The lowest BCUT2D eigenvalue weighted by atomic mass is 10.1. The molecule has 0 radical (unpaired) electrons. The molecule has 4 rings (SSSR count). The predicted molar refractivity (Wildman–Crippen MR) is 156 cm³/mol. The Balaban J connectivity index is 1.39. The number of carbonyl (C=O) groups excluding carboxylic acids is 1. The molecule has 2 heterocycles. The molecular formula is C29H37N5O6S. The van der Waals surface area contributed by atoms with Gasteiger partial charge in [0.05, 0.1) is 38.5 Å². The fraction of sp³-hybridized carbons (Fsp3) is 0.414. The Kier molecular flexibility index (Phi) is 9.66. The summed E-state index contributed by atoms with van der Waals surface area (Å²) in [6, 6.07) is 15.5. The predicted octanol–water partition coefficient (Wildman–Crippen LogP) is 3.16. The van der Waals surface area contributed by atoms with Crippen LogP contribution in [0.5, 0.6) is 17.2 Å². The first kappa shape index (κ1) is 30.1. The molecule has 0 spiro atoms. The molecule has 12 heteroatoms. The van der Waals surface area contributed by atoms with E-state index in [4.69, 9.17) is 14.2 Å². The summed E-state index contributed by atoms with van der Waals surface area (Å²) in [6.45, 7) is 5.89. The number of rotatable bonds is 11. The average molecular weight is 584 g/mol. The van der Waals surface area contributed by atoms with Gasteiger partial charge in [-0.1, -0.05) is 13.8 Å². The highest BCUT2D eigenvalue weighted by Gasteiger charge is 2.30. The number of piperazine rings is 1. The molecule has 0 bridgehead atoms. The number of sulfonamides is 1. The molecule has 1 aromatic heterocycles. The van der Waals surface area contributed by atoms with E-state index in [2.05, 4.69) is 15.1 Å². The molecule has 11 nitrogen and oxygen atoms in total. The molecule has 0 atom stereocenters. The van der Waals surface area contributed by atoms with Crippen molar-refractivity contribution < 1.29 is 27.4 Å². The zero-order valence-electron chi connectivity index (χ0n) is 24.1. The third-order valence-corrected chi connectivity index (χ3v) is 8.69. The second kappa shape index (κ2) is 13.2. The molecule has 1 aliphatic heterocycles. The van der Waals surface area contributed by atoms with E-state index in [1.807, 2.05) is 38.1 Å². The van der Waals surface area contributed by atoms with Crippen molar-refractivity contribution in [2.24, 2.45) is 5.92 Å². The number of anilines is 1. The fourth-order valence-electron chi connectivity index (χ4n) is 4.64. The summed E-state index contributed by atoms with van der Waals surface area (Å²) in [6.07, 6.45) is 0. The molecule has 1 saturated heterocycles. The average Bonchev–Trinajstić information content (AvgIpc) is 3.00. The van der Waals surface area contributed by atoms with Gasteiger partial charge in [0, 0.05) is 44.4 Å². The Morgan fingerprint density at radius 1 is 0.878 bits per heavy atom. The van der Waals surface area contributed by atoms with E-state index < -0.39 is 10.0 Å². The van der Waals surface area contributed by atoms with Crippen LogP contribution in [0.2, 0.25) is 0 Å². The SMILES string of the molecule is COc1ccc(S(=O)(=O)N(CC(=O)N2CCN(c3ccc(-c4ccc(OC)cc4OC)nn3)CC2)CC(C)C)cc1. The highest BCUT2D eigenvalue weighted by molar-refractivity contribution is 7.89. The van der Waals surface area contributed by atoms with E-state index in [9.17, 15) is 13.2 Å². The molecule has 0 saturated carbocycles. The molecule has 1 fully saturated rings. The lowest BCUT2D eigenvalue weighted by Crippen LogP contribution is -2.52. The van der Waals surface area contributed by atoms with Crippen molar-refractivity contribution in [1.29, 1.82) is 0 Å². The Bertz CT molecular complexity index is 1420. The second-order valence-electron chi connectivity index (χ2n) is 10.1. The number of hydrogen-bond donors (Lipinski definition) is 0. The van der Waals surface area contributed by atoms with Gasteiger partial charge in [-0.15, -0.1) is 10.2 Å². The monoisotopic (exact) mass is 583 g/mol. The molecule has 0 unspecified atom stereocenters. The molecule has 3 aromatic rings. The molecule has 1 aliphatic rings. The van der Waals surface area contributed by atoms with Crippen molar-refractivity contribution in [2.75, 3.05) is 65.5 Å². The van der Waals surface area contributed by atoms with E-state index in [1.165, 1.54) is 23.5 Å². The number of carbonyl (C=O) groups is 1. The van der Waals surface area contributed by atoms with Gasteiger partial charge >= 0.3 is 0 Å². The third-order valence-electron chi connectivity index (χ3n) is 6.87. The molecule has 0 N–H and O–H groups in total. The first-order valence-corrected chi connectivity index (χ1v) is 14.8. The van der Waals surface area contributed by atoms with Crippen LogP contribution in [0.3, 0.4) is 0 Å². The van der Waals surface area contributed by atoms with Crippen molar-refractivity contribution >= 4 is 21.7 Å². The largest absolute Gasteiger partial charge is 0.497 e. The van der Waals surface area contributed by atoms with Gasteiger partial charge in [0.15, 0.2) is 5.82 Å². The molecule has 220 valence electrons. The van der Waals surface area contributed by atoms with Crippen molar-refractivity contribution in [3.8, 4) is 28.5 Å². The number of aromatic nitrogens is 2. The lowest BCUT2D eigenvalue weighted by molar-refractivity contribution is -0.131. The van der Waals surface area contributed by atoms with Crippen LogP contribution >= 0.6 is 0 Å². The smallest absolute Gasteiger partial charge is 0.243 e. The van der Waals surface area contributed by atoms with Gasteiger partial charge in [-0.25, -0.2) is 8.42 Å². The summed E-state index contributed by atoms with van der Waals surface area (Å²) >= 11 is 0. The van der Waals surface area contributed by atoms with Crippen molar-refractivity contribution in [3.05, 3.63) is 54.6 Å². The Hall–Kier alpha value is -3.90.